The first-order valence-electron chi connectivity index (χ1n) is 16.9. The molecule has 46 heavy (non-hydrogen) atoms. The minimum Gasteiger partial charge on any atom is -0.462 e. The van der Waals surface area contributed by atoms with E-state index in [4.69, 9.17) is 34.7 Å². The first-order chi connectivity index (χ1) is 21.4. The fourth-order valence-corrected chi connectivity index (χ4v) is 12.4. The van der Waals surface area contributed by atoms with Crippen LogP contribution in [0.3, 0.4) is 0 Å². The number of thiol groups is 2. The van der Waals surface area contributed by atoms with Crippen molar-refractivity contribution in [1.29, 1.82) is 0 Å². The minimum absolute atomic E-state index is 0.0171. The summed E-state index contributed by atoms with van der Waals surface area (Å²) in [4.78, 5) is 25.1. The van der Waals surface area contributed by atoms with Crippen LogP contribution in [0.15, 0.2) is 36.0 Å². The quantitative estimate of drug-likeness (QED) is 0.104. The van der Waals surface area contributed by atoms with Crippen molar-refractivity contribution in [2.24, 2.45) is 39.4 Å². The van der Waals surface area contributed by atoms with Gasteiger partial charge in [0.05, 0.1) is 36.9 Å². The van der Waals surface area contributed by atoms with Gasteiger partial charge in [-0.3, -0.25) is 0 Å². The summed E-state index contributed by atoms with van der Waals surface area (Å²) in [6.07, 6.45) is 8.27. The van der Waals surface area contributed by atoms with Crippen molar-refractivity contribution in [1.82, 2.24) is 0 Å². The van der Waals surface area contributed by atoms with E-state index in [1.807, 2.05) is 20.8 Å². The molecule has 8 nitrogen and oxygen atoms in total. The highest BCUT2D eigenvalue weighted by atomic mass is 32.1. The number of hydrogen-bond acceptors (Lipinski definition) is 10. The Morgan fingerprint density at radius 2 is 1.59 bits per heavy atom. The first kappa shape index (κ1) is 36.0. The van der Waals surface area contributed by atoms with Crippen molar-refractivity contribution in [3.8, 4) is 0 Å². The summed E-state index contributed by atoms with van der Waals surface area (Å²) >= 11 is 11.1. The van der Waals surface area contributed by atoms with Crippen LogP contribution in [0.5, 0.6) is 0 Å². The summed E-state index contributed by atoms with van der Waals surface area (Å²) in [6.45, 7) is 11.2. The molecule has 5 rings (SSSR count). The smallest absolute Gasteiger partial charge is 0.330 e. The molecule has 0 aliphatic heterocycles. The van der Waals surface area contributed by atoms with Gasteiger partial charge in [-0.1, -0.05) is 51.5 Å². The third-order valence-corrected chi connectivity index (χ3v) is 15.3. The monoisotopic (exact) mass is 678 g/mol. The molecule has 0 spiro atoms. The van der Waals surface area contributed by atoms with Gasteiger partial charge in [0.15, 0.2) is 0 Å². The highest BCUT2D eigenvalue weighted by Gasteiger charge is 2.74. The second-order valence-corrected chi connectivity index (χ2v) is 17.6. The number of esters is 2. The van der Waals surface area contributed by atoms with Gasteiger partial charge in [0.2, 0.25) is 0 Å². The zero-order valence-corrected chi connectivity index (χ0v) is 29.9. The van der Waals surface area contributed by atoms with Crippen molar-refractivity contribution < 1.29 is 39.5 Å². The lowest BCUT2D eigenvalue weighted by Gasteiger charge is -2.71. The lowest BCUT2D eigenvalue weighted by atomic mass is 9.39. The summed E-state index contributed by atoms with van der Waals surface area (Å²) in [5.74, 6) is -1.47. The van der Waals surface area contributed by atoms with Crippen LogP contribution in [0.4, 0.5) is 0 Å². The highest BCUT2D eigenvalue weighted by molar-refractivity contribution is 7.83. The van der Waals surface area contributed by atoms with E-state index in [2.05, 4.69) is 13.0 Å². The van der Waals surface area contributed by atoms with Crippen LogP contribution in [-0.2, 0) is 19.1 Å². The van der Waals surface area contributed by atoms with E-state index in [1.54, 1.807) is 26.0 Å². The number of aliphatic hydroxyl groups excluding tert-OH is 4. The maximum absolute atomic E-state index is 12.8. The van der Waals surface area contributed by atoms with Crippen LogP contribution in [0.1, 0.15) is 86.5 Å². The average Bonchev–Trinajstić information content (AvgIpc) is 2.97. The van der Waals surface area contributed by atoms with E-state index in [9.17, 15) is 30.0 Å². The first-order valence-corrected chi connectivity index (χ1v) is 17.8. The van der Waals surface area contributed by atoms with E-state index in [-0.39, 0.29) is 30.8 Å². The normalized spacial score (nSPS) is 48.1. The van der Waals surface area contributed by atoms with Gasteiger partial charge in [0, 0.05) is 32.5 Å². The van der Waals surface area contributed by atoms with Gasteiger partial charge < -0.3 is 29.9 Å². The molecule has 3 unspecified atom stereocenters. The molecule has 0 aromatic rings. The molecule has 4 saturated carbocycles. The summed E-state index contributed by atoms with van der Waals surface area (Å²) in [7, 11) is 0. The molecule has 4 N–H and O–H groups in total. The van der Waals surface area contributed by atoms with Gasteiger partial charge in [-0.15, -0.1) is 0 Å². The Bertz CT molecular complexity index is 1310. The molecule has 258 valence electrons. The zero-order valence-electron chi connectivity index (χ0n) is 28.1. The number of fused-ring (bicyclic) bond motifs is 7. The second kappa shape index (κ2) is 12.2. The maximum atomic E-state index is 12.8. The Kier molecular flexibility index (Phi) is 9.57. The van der Waals surface area contributed by atoms with E-state index in [0.29, 0.717) is 38.5 Å². The van der Waals surface area contributed by atoms with Crippen LogP contribution in [0.2, 0.25) is 0 Å². The van der Waals surface area contributed by atoms with E-state index in [1.165, 1.54) is 12.2 Å². The van der Waals surface area contributed by atoms with Crippen LogP contribution < -0.4 is 0 Å². The van der Waals surface area contributed by atoms with Gasteiger partial charge in [-0.25, -0.2) is 9.59 Å². The third-order valence-electron chi connectivity index (χ3n) is 13.4. The van der Waals surface area contributed by atoms with Gasteiger partial charge in [0.25, 0.3) is 0 Å². The average molecular weight is 679 g/mol. The molecule has 0 saturated heterocycles. The third kappa shape index (κ3) is 5.01. The Balaban J connectivity index is 1.57. The number of aliphatic hydroxyl groups is 4. The molecule has 0 heterocycles. The summed E-state index contributed by atoms with van der Waals surface area (Å²) in [5, 5.41) is 46.2. The molecular weight excluding hydrogens is 625 g/mol. The fourth-order valence-electron chi connectivity index (χ4n) is 10.7. The predicted molar refractivity (Wildman–Crippen MR) is 182 cm³/mol. The second-order valence-electron chi connectivity index (χ2n) is 16.0. The van der Waals surface area contributed by atoms with Crippen molar-refractivity contribution in [2.45, 2.75) is 120 Å². The number of carbonyl (C=O) groups excluding carboxylic acids is 2. The molecule has 5 aliphatic carbocycles. The molecule has 10 heteroatoms. The lowest BCUT2D eigenvalue weighted by Crippen LogP contribution is -2.74. The van der Waals surface area contributed by atoms with Gasteiger partial charge in [-0.2, -0.15) is 25.3 Å². The maximum Gasteiger partial charge on any atom is 0.330 e. The Hall–Kier alpha value is -1.30. The molecule has 0 amide bonds. The molecule has 0 aromatic carbocycles. The standard InChI is InChI=1S/C36H54O8S2/c1-7-9-27(40)43-20-32(5)23-13-16-36(46)24(35(23,45)15-14-25(32)38)12-11-21-22-17-31(3,4)29(42)30(44-28(41)10-8-2)34(22,19-37)26(39)18-33(21,36)6/h7-11,22-26,29-30,37-39,42,45-46H,12-20H2,1-6H3/b9-7+,10-8+/t22?,23?,24?,25-,26+,29-,30-,32+,33+,34-,35+,36-/m0/s1. The van der Waals surface area contributed by atoms with Gasteiger partial charge in [0.1, 0.15) is 6.10 Å². The SMILES string of the molecule is C/C=C/C(=O)OC[C@]1(C)C2CC[C@]3(S)C(CC=C4C5CC(C)(C)[C@@H](O)[C@H](OC(=O)/C=C/C)[C@]5(CO)[C@H](O)C[C@]43C)[C@@]2(S)CC[C@@H]1O. The zero-order chi connectivity index (χ0) is 34.1. The van der Waals surface area contributed by atoms with Crippen molar-refractivity contribution >= 4 is 37.2 Å². The van der Waals surface area contributed by atoms with Crippen LogP contribution in [-0.4, -0.2) is 79.5 Å². The summed E-state index contributed by atoms with van der Waals surface area (Å²) in [6, 6.07) is 0. The van der Waals surface area contributed by atoms with E-state index in [0.717, 1.165) is 5.57 Å². The lowest BCUT2D eigenvalue weighted by molar-refractivity contribution is -0.248. The molecule has 5 aliphatic rings. The van der Waals surface area contributed by atoms with Gasteiger partial charge in [-0.05, 0) is 82.0 Å². The van der Waals surface area contributed by atoms with E-state index < -0.39 is 74.1 Å². The highest BCUT2D eigenvalue weighted by Crippen LogP contribution is 2.73. The van der Waals surface area contributed by atoms with Crippen molar-refractivity contribution in [2.75, 3.05) is 13.2 Å². The molecule has 12 atom stereocenters. The number of carbonyl (C=O) groups is 2. The number of ether oxygens (including phenoxy) is 2. The number of hydrogen-bond donors (Lipinski definition) is 6. The van der Waals surface area contributed by atoms with Crippen molar-refractivity contribution in [3.05, 3.63) is 36.0 Å². The molecule has 0 radical (unpaired) electrons. The number of allylic oxidation sites excluding steroid dienone is 4. The Morgan fingerprint density at radius 3 is 2.22 bits per heavy atom. The molecule has 0 bridgehead atoms. The van der Waals surface area contributed by atoms with Crippen LogP contribution >= 0.6 is 25.3 Å². The summed E-state index contributed by atoms with van der Waals surface area (Å²) in [5.41, 5.74) is -2.14. The Labute approximate surface area is 284 Å². The van der Waals surface area contributed by atoms with Crippen LogP contribution in [0.25, 0.3) is 0 Å². The molecule has 4 fully saturated rings. The minimum atomic E-state index is -1.28. The Morgan fingerprint density at radius 1 is 0.935 bits per heavy atom. The van der Waals surface area contributed by atoms with E-state index >= 15 is 0 Å². The summed E-state index contributed by atoms with van der Waals surface area (Å²) < 4.78 is 10.5. The fraction of sp³-hybridized carbons (Fsp3) is 0.778. The molecule has 0 aromatic heterocycles. The topological polar surface area (TPSA) is 134 Å². The van der Waals surface area contributed by atoms with Gasteiger partial charge >= 0.3 is 11.9 Å². The largest absolute Gasteiger partial charge is 0.462 e. The van der Waals surface area contributed by atoms with Crippen molar-refractivity contribution in [3.63, 3.8) is 0 Å². The van der Waals surface area contributed by atoms with Crippen LogP contribution in [0, 0.1) is 39.4 Å². The predicted octanol–water partition coefficient (Wildman–Crippen LogP) is 4.60. The number of rotatable bonds is 6. The molecular formula is C36H54O8S2.